The van der Waals surface area contributed by atoms with E-state index in [4.69, 9.17) is 11.1 Å². The SMILES string of the molecule is Cc1ccc(Sc2cccnc2C(=N)N)cc1. The molecule has 0 aliphatic heterocycles. The summed E-state index contributed by atoms with van der Waals surface area (Å²) >= 11 is 1.57. The first kappa shape index (κ1) is 11.7. The van der Waals surface area contributed by atoms with E-state index >= 15 is 0 Å². The number of nitrogen functional groups attached to an aromatic ring is 1. The fourth-order valence-corrected chi connectivity index (χ4v) is 2.34. The highest BCUT2D eigenvalue weighted by Gasteiger charge is 2.07. The van der Waals surface area contributed by atoms with Crippen molar-refractivity contribution >= 4 is 17.6 Å². The molecule has 86 valence electrons. The molecule has 0 saturated carbocycles. The van der Waals surface area contributed by atoms with Gasteiger partial charge in [0.05, 0.1) is 0 Å². The van der Waals surface area contributed by atoms with E-state index in [0.717, 1.165) is 9.79 Å². The fraction of sp³-hybridized carbons (Fsp3) is 0.0769. The van der Waals surface area contributed by atoms with Gasteiger partial charge in [-0.15, -0.1) is 0 Å². The molecule has 0 atom stereocenters. The number of hydrogen-bond acceptors (Lipinski definition) is 3. The number of aryl methyl sites for hydroxylation is 1. The quantitative estimate of drug-likeness (QED) is 0.643. The zero-order valence-electron chi connectivity index (χ0n) is 9.47. The molecule has 0 spiro atoms. The molecule has 4 heteroatoms. The third kappa shape index (κ3) is 2.85. The van der Waals surface area contributed by atoms with Gasteiger partial charge in [-0.05, 0) is 31.2 Å². The van der Waals surface area contributed by atoms with E-state index in [0.29, 0.717) is 5.69 Å². The predicted molar refractivity (Wildman–Crippen MR) is 70.6 cm³/mol. The first-order valence-electron chi connectivity index (χ1n) is 5.21. The van der Waals surface area contributed by atoms with Gasteiger partial charge >= 0.3 is 0 Å². The van der Waals surface area contributed by atoms with Gasteiger partial charge in [0.25, 0.3) is 0 Å². The lowest BCUT2D eigenvalue weighted by Gasteiger charge is -2.06. The molecule has 0 aliphatic carbocycles. The van der Waals surface area contributed by atoms with Crippen molar-refractivity contribution in [3.63, 3.8) is 0 Å². The second kappa shape index (κ2) is 5.01. The maximum absolute atomic E-state index is 7.48. The molecule has 2 aromatic rings. The van der Waals surface area contributed by atoms with Crippen LogP contribution in [0.4, 0.5) is 0 Å². The normalized spacial score (nSPS) is 10.2. The Balaban J connectivity index is 2.30. The van der Waals surface area contributed by atoms with Gasteiger partial charge in [0.1, 0.15) is 11.5 Å². The molecule has 0 radical (unpaired) electrons. The number of amidine groups is 1. The summed E-state index contributed by atoms with van der Waals surface area (Å²) in [5.74, 6) is 0.000196. The van der Waals surface area contributed by atoms with Crippen LogP contribution in [-0.4, -0.2) is 10.8 Å². The molecule has 0 saturated heterocycles. The van der Waals surface area contributed by atoms with Crippen LogP contribution in [0.2, 0.25) is 0 Å². The largest absolute Gasteiger partial charge is 0.382 e. The highest BCUT2D eigenvalue weighted by molar-refractivity contribution is 7.99. The zero-order chi connectivity index (χ0) is 12.3. The van der Waals surface area contributed by atoms with E-state index < -0.39 is 0 Å². The van der Waals surface area contributed by atoms with Crippen LogP contribution in [0.25, 0.3) is 0 Å². The molecule has 0 amide bonds. The van der Waals surface area contributed by atoms with Gasteiger partial charge in [-0.2, -0.15) is 0 Å². The number of benzene rings is 1. The number of nitrogens with one attached hydrogen (secondary N) is 1. The van der Waals surface area contributed by atoms with Crippen molar-refractivity contribution < 1.29 is 0 Å². The van der Waals surface area contributed by atoms with Gasteiger partial charge in [0.2, 0.25) is 0 Å². The van der Waals surface area contributed by atoms with Gasteiger partial charge in [0.15, 0.2) is 0 Å². The summed E-state index contributed by atoms with van der Waals surface area (Å²) < 4.78 is 0. The molecule has 17 heavy (non-hydrogen) atoms. The highest BCUT2D eigenvalue weighted by atomic mass is 32.2. The number of hydrogen-bond donors (Lipinski definition) is 2. The lowest BCUT2D eigenvalue weighted by molar-refractivity contribution is 1.17. The van der Waals surface area contributed by atoms with Crippen molar-refractivity contribution in [2.24, 2.45) is 5.73 Å². The Kier molecular flexibility index (Phi) is 3.44. The first-order valence-corrected chi connectivity index (χ1v) is 6.02. The van der Waals surface area contributed by atoms with E-state index in [1.165, 1.54) is 5.56 Å². The number of nitrogens with zero attached hydrogens (tertiary/aromatic N) is 1. The molecular formula is C13H13N3S. The number of aromatic nitrogens is 1. The summed E-state index contributed by atoms with van der Waals surface area (Å²) in [6, 6.07) is 12.0. The van der Waals surface area contributed by atoms with Gasteiger partial charge in [-0.3, -0.25) is 10.4 Å². The van der Waals surface area contributed by atoms with Gasteiger partial charge < -0.3 is 5.73 Å². The minimum absolute atomic E-state index is 0.000196. The van der Waals surface area contributed by atoms with Crippen molar-refractivity contribution in [2.75, 3.05) is 0 Å². The molecule has 2 rings (SSSR count). The van der Waals surface area contributed by atoms with Crippen LogP contribution in [0.5, 0.6) is 0 Å². The molecule has 3 nitrogen and oxygen atoms in total. The predicted octanol–water partition coefficient (Wildman–Crippen LogP) is 2.83. The van der Waals surface area contributed by atoms with Crippen molar-refractivity contribution in [1.82, 2.24) is 4.98 Å². The Bertz CT molecular complexity index is 535. The molecule has 1 aromatic heterocycles. The monoisotopic (exact) mass is 243 g/mol. The van der Waals surface area contributed by atoms with Crippen LogP contribution >= 0.6 is 11.8 Å². The lowest BCUT2D eigenvalue weighted by Crippen LogP contribution is -2.14. The van der Waals surface area contributed by atoms with Gasteiger partial charge in [-0.1, -0.05) is 29.5 Å². The highest BCUT2D eigenvalue weighted by Crippen LogP contribution is 2.29. The third-order valence-electron chi connectivity index (χ3n) is 2.27. The van der Waals surface area contributed by atoms with Crippen molar-refractivity contribution in [2.45, 2.75) is 16.7 Å². The van der Waals surface area contributed by atoms with Crippen LogP contribution in [0.15, 0.2) is 52.4 Å². The van der Waals surface area contributed by atoms with Crippen LogP contribution in [0, 0.1) is 12.3 Å². The van der Waals surface area contributed by atoms with Crippen molar-refractivity contribution in [3.05, 3.63) is 53.9 Å². The Morgan fingerprint density at radius 1 is 1.24 bits per heavy atom. The van der Waals surface area contributed by atoms with Crippen molar-refractivity contribution in [1.29, 1.82) is 5.41 Å². The van der Waals surface area contributed by atoms with Gasteiger partial charge in [-0.25, -0.2) is 0 Å². The molecule has 3 N–H and O–H groups in total. The van der Waals surface area contributed by atoms with E-state index in [2.05, 4.69) is 36.2 Å². The lowest BCUT2D eigenvalue weighted by atomic mass is 10.2. The number of nitrogens with two attached hydrogens (primary N) is 1. The summed E-state index contributed by atoms with van der Waals surface area (Å²) in [4.78, 5) is 6.14. The molecule has 0 fully saturated rings. The third-order valence-corrected chi connectivity index (χ3v) is 3.33. The Morgan fingerprint density at radius 3 is 2.59 bits per heavy atom. The van der Waals surface area contributed by atoms with Crippen molar-refractivity contribution in [3.8, 4) is 0 Å². The average Bonchev–Trinajstić information content (AvgIpc) is 2.32. The second-order valence-electron chi connectivity index (χ2n) is 3.68. The van der Waals surface area contributed by atoms with Gasteiger partial charge in [0, 0.05) is 16.0 Å². The Morgan fingerprint density at radius 2 is 1.94 bits per heavy atom. The molecule has 1 heterocycles. The number of pyridine rings is 1. The summed E-state index contributed by atoms with van der Waals surface area (Å²) in [6.07, 6.45) is 1.65. The van der Waals surface area contributed by atoms with Crippen LogP contribution in [0.3, 0.4) is 0 Å². The maximum atomic E-state index is 7.48. The maximum Gasteiger partial charge on any atom is 0.142 e. The van der Waals surface area contributed by atoms with Crippen LogP contribution in [0.1, 0.15) is 11.3 Å². The molecule has 0 bridgehead atoms. The summed E-state index contributed by atoms with van der Waals surface area (Å²) in [7, 11) is 0. The van der Waals surface area contributed by atoms with Crippen LogP contribution < -0.4 is 5.73 Å². The first-order chi connectivity index (χ1) is 8.16. The Labute approximate surface area is 105 Å². The van der Waals surface area contributed by atoms with Crippen LogP contribution in [-0.2, 0) is 0 Å². The Hall–Kier alpha value is -1.81. The molecule has 0 aliphatic rings. The van der Waals surface area contributed by atoms with E-state index in [1.54, 1.807) is 18.0 Å². The summed E-state index contributed by atoms with van der Waals surface area (Å²) in [6.45, 7) is 2.06. The molecular weight excluding hydrogens is 230 g/mol. The summed E-state index contributed by atoms with van der Waals surface area (Å²) in [5.41, 5.74) is 7.27. The fourth-order valence-electron chi connectivity index (χ4n) is 1.41. The minimum Gasteiger partial charge on any atom is -0.382 e. The van der Waals surface area contributed by atoms with E-state index in [1.807, 2.05) is 12.1 Å². The standard InChI is InChI=1S/C13H13N3S/c1-9-4-6-10(7-5-9)17-11-3-2-8-16-12(11)13(14)15/h2-8H,1H3,(H3,14,15). The topological polar surface area (TPSA) is 62.8 Å². The summed E-state index contributed by atoms with van der Waals surface area (Å²) in [5, 5.41) is 7.48. The number of rotatable bonds is 3. The average molecular weight is 243 g/mol. The smallest absolute Gasteiger partial charge is 0.142 e. The second-order valence-corrected chi connectivity index (χ2v) is 4.79. The van der Waals surface area contributed by atoms with E-state index in [9.17, 15) is 0 Å². The van der Waals surface area contributed by atoms with E-state index in [-0.39, 0.29) is 5.84 Å². The molecule has 1 aromatic carbocycles. The zero-order valence-corrected chi connectivity index (χ0v) is 10.3. The minimum atomic E-state index is 0.000196. The molecule has 0 unspecified atom stereocenters.